The van der Waals surface area contributed by atoms with E-state index in [9.17, 15) is 4.79 Å². The monoisotopic (exact) mass is 452 g/mol. The molecule has 0 aromatic rings. The minimum atomic E-state index is -0.208. The van der Waals surface area contributed by atoms with E-state index < -0.39 is 0 Å². The molecule has 24 heavy (non-hydrogen) atoms. The summed E-state index contributed by atoms with van der Waals surface area (Å²) in [5, 5.41) is 3.30. The van der Waals surface area contributed by atoms with Crippen molar-refractivity contribution in [2.75, 3.05) is 26.2 Å². The maximum atomic E-state index is 11.7. The van der Waals surface area contributed by atoms with Gasteiger partial charge < -0.3 is 20.7 Å². The number of carbonyl (C=O) groups is 1. The quantitative estimate of drug-likeness (QED) is 0.382. The van der Waals surface area contributed by atoms with Gasteiger partial charge >= 0.3 is 6.09 Å². The van der Waals surface area contributed by atoms with Crippen LogP contribution in [0.2, 0.25) is 0 Å². The van der Waals surface area contributed by atoms with E-state index in [1.165, 1.54) is 32.1 Å². The molecule has 2 aliphatic rings. The number of nitrogens with zero attached hydrogens (tertiary/aromatic N) is 2. The van der Waals surface area contributed by atoms with Crippen LogP contribution in [-0.2, 0) is 4.74 Å². The van der Waals surface area contributed by atoms with E-state index in [1.54, 1.807) is 4.90 Å². The highest BCUT2D eigenvalue weighted by Crippen LogP contribution is 2.26. The standard InChI is InChI=1S/C17H32N4O2.HI/c1-2-23-17(22)21-12-9-15(10-13-21)20-16(18)19-11-8-14-6-4-3-5-7-14;/h14-15H,2-13H2,1H3,(H3,18,19,20);1H. The first-order valence-corrected chi connectivity index (χ1v) is 9.17. The van der Waals surface area contributed by atoms with Crippen LogP contribution in [0.25, 0.3) is 0 Å². The van der Waals surface area contributed by atoms with Gasteiger partial charge in [-0.05, 0) is 32.1 Å². The Morgan fingerprint density at radius 1 is 1.21 bits per heavy atom. The van der Waals surface area contributed by atoms with Crippen molar-refractivity contribution in [1.82, 2.24) is 10.2 Å². The van der Waals surface area contributed by atoms with Crippen LogP contribution in [0, 0.1) is 5.92 Å². The van der Waals surface area contributed by atoms with E-state index in [0.717, 1.165) is 31.7 Å². The third-order valence-corrected chi connectivity index (χ3v) is 4.92. The molecule has 6 nitrogen and oxygen atoms in total. The first-order chi connectivity index (χ1) is 11.2. The van der Waals surface area contributed by atoms with Gasteiger partial charge in [-0.3, -0.25) is 4.99 Å². The van der Waals surface area contributed by atoms with Crippen molar-refractivity contribution in [2.45, 2.75) is 64.3 Å². The van der Waals surface area contributed by atoms with Gasteiger partial charge in [0.25, 0.3) is 0 Å². The van der Waals surface area contributed by atoms with Gasteiger partial charge in [0.05, 0.1) is 6.61 Å². The Labute approximate surface area is 163 Å². The summed E-state index contributed by atoms with van der Waals surface area (Å²) in [5.74, 6) is 1.39. The number of hydrogen-bond acceptors (Lipinski definition) is 3. The Kier molecular flexibility index (Phi) is 10.4. The van der Waals surface area contributed by atoms with Gasteiger partial charge in [-0.1, -0.05) is 32.1 Å². The van der Waals surface area contributed by atoms with Crippen molar-refractivity contribution in [3.05, 3.63) is 0 Å². The average Bonchev–Trinajstić information content (AvgIpc) is 2.57. The van der Waals surface area contributed by atoms with Gasteiger partial charge in [0, 0.05) is 25.7 Å². The van der Waals surface area contributed by atoms with Gasteiger partial charge in [0.2, 0.25) is 0 Å². The van der Waals surface area contributed by atoms with Crippen LogP contribution in [0.4, 0.5) is 4.79 Å². The molecule has 1 aliphatic heterocycles. The summed E-state index contributed by atoms with van der Waals surface area (Å²) in [6, 6.07) is 0.305. The summed E-state index contributed by atoms with van der Waals surface area (Å²) in [5.41, 5.74) is 6.00. The van der Waals surface area contributed by atoms with Crippen molar-refractivity contribution in [3.8, 4) is 0 Å². The van der Waals surface area contributed by atoms with Crippen molar-refractivity contribution in [1.29, 1.82) is 0 Å². The molecule has 1 amide bonds. The Bertz CT molecular complexity index is 392. The van der Waals surface area contributed by atoms with E-state index in [0.29, 0.717) is 31.7 Å². The van der Waals surface area contributed by atoms with E-state index >= 15 is 0 Å². The number of guanidine groups is 1. The molecule has 1 aliphatic carbocycles. The van der Waals surface area contributed by atoms with E-state index in [1.807, 2.05) is 6.92 Å². The second-order valence-corrected chi connectivity index (χ2v) is 6.66. The summed E-state index contributed by atoms with van der Waals surface area (Å²) >= 11 is 0. The highest BCUT2D eigenvalue weighted by Gasteiger charge is 2.23. The van der Waals surface area contributed by atoms with Crippen LogP contribution >= 0.6 is 24.0 Å². The fourth-order valence-corrected chi connectivity index (χ4v) is 3.52. The number of amides is 1. The van der Waals surface area contributed by atoms with Gasteiger partial charge in [0.15, 0.2) is 5.96 Å². The smallest absolute Gasteiger partial charge is 0.409 e. The van der Waals surface area contributed by atoms with Crippen LogP contribution in [0.5, 0.6) is 0 Å². The zero-order valence-electron chi connectivity index (χ0n) is 14.8. The summed E-state index contributed by atoms with van der Waals surface area (Å²) in [4.78, 5) is 17.9. The normalized spacial score (nSPS) is 20.4. The summed E-state index contributed by atoms with van der Waals surface area (Å²) in [6.45, 7) is 4.51. The van der Waals surface area contributed by atoms with E-state index in [-0.39, 0.29) is 30.1 Å². The third-order valence-electron chi connectivity index (χ3n) is 4.92. The highest BCUT2D eigenvalue weighted by atomic mass is 127. The molecule has 7 heteroatoms. The summed E-state index contributed by atoms with van der Waals surface area (Å²) in [6.07, 6.45) is 9.58. The maximum absolute atomic E-state index is 11.7. The molecule has 1 saturated heterocycles. The largest absolute Gasteiger partial charge is 0.450 e. The number of hydrogen-bond donors (Lipinski definition) is 2. The van der Waals surface area contributed by atoms with Crippen LogP contribution in [0.1, 0.15) is 58.3 Å². The Morgan fingerprint density at radius 3 is 2.50 bits per heavy atom. The van der Waals surface area contributed by atoms with Crippen molar-refractivity contribution in [3.63, 3.8) is 0 Å². The maximum Gasteiger partial charge on any atom is 0.409 e. The molecular weight excluding hydrogens is 419 g/mol. The number of ether oxygens (including phenoxy) is 1. The lowest BCUT2D eigenvalue weighted by Gasteiger charge is -2.31. The molecule has 2 rings (SSSR count). The molecule has 0 spiro atoms. The second kappa shape index (κ2) is 11.8. The molecule has 0 aromatic heterocycles. The number of piperidine rings is 1. The van der Waals surface area contributed by atoms with Gasteiger partial charge in [-0.25, -0.2) is 4.79 Å². The minimum absolute atomic E-state index is 0. The topological polar surface area (TPSA) is 80.0 Å². The van der Waals surface area contributed by atoms with Crippen LogP contribution in [0.3, 0.4) is 0 Å². The fourth-order valence-electron chi connectivity index (χ4n) is 3.52. The highest BCUT2D eigenvalue weighted by molar-refractivity contribution is 14.0. The number of aliphatic imine (C=N–C) groups is 1. The van der Waals surface area contributed by atoms with Crippen LogP contribution in [-0.4, -0.2) is 49.2 Å². The molecule has 2 fully saturated rings. The molecule has 1 saturated carbocycles. The first kappa shape index (κ1) is 21.3. The van der Waals surface area contributed by atoms with Crippen molar-refractivity contribution < 1.29 is 9.53 Å². The fraction of sp³-hybridized carbons (Fsp3) is 0.882. The molecule has 0 bridgehead atoms. The number of likely N-dealkylation sites (tertiary alicyclic amines) is 1. The molecule has 0 aromatic carbocycles. The van der Waals surface area contributed by atoms with Gasteiger partial charge in [-0.2, -0.15) is 0 Å². The Hall–Kier alpha value is -0.730. The number of rotatable bonds is 5. The third kappa shape index (κ3) is 7.44. The molecule has 1 heterocycles. The lowest BCUT2D eigenvalue weighted by atomic mass is 9.87. The van der Waals surface area contributed by atoms with Gasteiger partial charge in [-0.15, -0.1) is 24.0 Å². The zero-order valence-corrected chi connectivity index (χ0v) is 17.2. The van der Waals surface area contributed by atoms with E-state index in [4.69, 9.17) is 10.5 Å². The minimum Gasteiger partial charge on any atom is -0.450 e. The van der Waals surface area contributed by atoms with Crippen molar-refractivity contribution >= 4 is 36.0 Å². The van der Waals surface area contributed by atoms with Crippen LogP contribution in [0.15, 0.2) is 4.99 Å². The summed E-state index contributed by atoms with van der Waals surface area (Å²) < 4.78 is 5.03. The first-order valence-electron chi connectivity index (χ1n) is 9.17. The number of nitrogens with two attached hydrogens (primary N) is 1. The lowest BCUT2D eigenvalue weighted by Crippen LogP contribution is -2.48. The second-order valence-electron chi connectivity index (χ2n) is 6.66. The Balaban J connectivity index is 0.00000288. The molecule has 0 unspecified atom stereocenters. The predicted molar refractivity (Wildman–Crippen MR) is 108 cm³/mol. The number of nitrogens with one attached hydrogen (secondary N) is 1. The van der Waals surface area contributed by atoms with Crippen molar-refractivity contribution in [2.24, 2.45) is 16.6 Å². The average molecular weight is 452 g/mol. The number of halogens is 1. The summed E-state index contributed by atoms with van der Waals surface area (Å²) in [7, 11) is 0. The Morgan fingerprint density at radius 2 is 1.88 bits per heavy atom. The van der Waals surface area contributed by atoms with Gasteiger partial charge in [0.1, 0.15) is 0 Å². The SMILES string of the molecule is CCOC(=O)N1CCC(NC(N)=NCCC2CCCCC2)CC1.I. The van der Waals surface area contributed by atoms with E-state index in [2.05, 4.69) is 10.3 Å². The molecule has 3 N–H and O–H groups in total. The number of carbonyl (C=O) groups excluding carboxylic acids is 1. The predicted octanol–water partition coefficient (Wildman–Crippen LogP) is 3.10. The zero-order chi connectivity index (χ0) is 16.5. The molecule has 140 valence electrons. The molecular formula is C17H33IN4O2. The van der Waals surface area contributed by atoms with Crippen LogP contribution < -0.4 is 11.1 Å². The lowest BCUT2D eigenvalue weighted by molar-refractivity contribution is 0.0963. The molecule has 0 atom stereocenters. The molecule has 0 radical (unpaired) electrons.